The molecular formula is C16H21NO3. The SMILES string of the molecule is COC(=O)C[C@H](C)NC(=O)[C@@H]1C[C@H]1c1cccc(C)c1. The number of ether oxygens (including phenoxy) is 1. The minimum absolute atomic E-state index is 0.0351. The van der Waals surface area contributed by atoms with E-state index in [0.717, 1.165) is 6.42 Å². The summed E-state index contributed by atoms with van der Waals surface area (Å²) in [7, 11) is 1.35. The Hall–Kier alpha value is -1.84. The molecule has 0 aromatic heterocycles. The summed E-state index contributed by atoms with van der Waals surface area (Å²) < 4.78 is 4.59. The molecule has 0 saturated heterocycles. The molecule has 108 valence electrons. The van der Waals surface area contributed by atoms with Crippen molar-refractivity contribution in [2.75, 3.05) is 7.11 Å². The van der Waals surface area contributed by atoms with E-state index in [1.165, 1.54) is 18.2 Å². The van der Waals surface area contributed by atoms with E-state index in [9.17, 15) is 9.59 Å². The van der Waals surface area contributed by atoms with E-state index in [1.807, 2.05) is 13.0 Å². The van der Waals surface area contributed by atoms with Crippen LogP contribution in [0.15, 0.2) is 24.3 Å². The van der Waals surface area contributed by atoms with Crippen molar-refractivity contribution < 1.29 is 14.3 Å². The van der Waals surface area contributed by atoms with E-state index >= 15 is 0 Å². The van der Waals surface area contributed by atoms with Crippen LogP contribution in [0.4, 0.5) is 0 Å². The molecular weight excluding hydrogens is 254 g/mol. The first kappa shape index (κ1) is 14.6. The van der Waals surface area contributed by atoms with Crippen molar-refractivity contribution in [3.63, 3.8) is 0 Å². The maximum atomic E-state index is 12.1. The fraction of sp³-hybridized carbons (Fsp3) is 0.500. The van der Waals surface area contributed by atoms with Crippen molar-refractivity contribution >= 4 is 11.9 Å². The first-order valence-corrected chi connectivity index (χ1v) is 6.95. The Bertz CT molecular complexity index is 512. The lowest BCUT2D eigenvalue weighted by atomic mass is 10.1. The number of rotatable bonds is 5. The molecule has 0 radical (unpaired) electrons. The van der Waals surface area contributed by atoms with Gasteiger partial charge in [-0.25, -0.2) is 0 Å². The summed E-state index contributed by atoms with van der Waals surface area (Å²) in [4.78, 5) is 23.2. The van der Waals surface area contributed by atoms with Crippen molar-refractivity contribution in [3.05, 3.63) is 35.4 Å². The van der Waals surface area contributed by atoms with E-state index in [0.29, 0.717) is 5.92 Å². The molecule has 1 N–H and O–H groups in total. The third kappa shape index (κ3) is 3.59. The lowest BCUT2D eigenvalue weighted by Crippen LogP contribution is -2.35. The molecule has 1 fully saturated rings. The zero-order valence-electron chi connectivity index (χ0n) is 12.2. The van der Waals surface area contributed by atoms with Crippen LogP contribution in [0.3, 0.4) is 0 Å². The van der Waals surface area contributed by atoms with Gasteiger partial charge in [0.05, 0.1) is 13.5 Å². The van der Waals surface area contributed by atoms with Gasteiger partial charge in [-0.3, -0.25) is 9.59 Å². The summed E-state index contributed by atoms with van der Waals surface area (Å²) in [5.41, 5.74) is 2.44. The first-order chi connectivity index (χ1) is 9.51. The van der Waals surface area contributed by atoms with Crippen molar-refractivity contribution in [1.82, 2.24) is 5.32 Å². The molecule has 1 aliphatic rings. The van der Waals surface area contributed by atoms with Crippen molar-refractivity contribution in [2.45, 2.75) is 38.6 Å². The van der Waals surface area contributed by atoms with Gasteiger partial charge in [-0.2, -0.15) is 0 Å². The number of methoxy groups -OCH3 is 1. The molecule has 4 heteroatoms. The van der Waals surface area contributed by atoms with E-state index in [1.54, 1.807) is 0 Å². The van der Waals surface area contributed by atoms with Gasteiger partial charge < -0.3 is 10.1 Å². The van der Waals surface area contributed by atoms with Crippen LogP contribution in [-0.4, -0.2) is 25.0 Å². The Balaban J connectivity index is 1.85. The third-order valence-corrected chi connectivity index (χ3v) is 3.69. The number of esters is 1. The summed E-state index contributed by atoms with van der Waals surface area (Å²) in [5.74, 6) is 0.0915. The Labute approximate surface area is 119 Å². The smallest absolute Gasteiger partial charge is 0.307 e. The maximum Gasteiger partial charge on any atom is 0.307 e. The summed E-state index contributed by atoms with van der Waals surface area (Å²) in [6.07, 6.45) is 1.10. The van der Waals surface area contributed by atoms with Crippen molar-refractivity contribution in [3.8, 4) is 0 Å². The second-order valence-corrected chi connectivity index (χ2v) is 5.55. The highest BCUT2D eigenvalue weighted by Crippen LogP contribution is 2.47. The minimum Gasteiger partial charge on any atom is -0.469 e. The molecule has 1 aliphatic carbocycles. The second kappa shape index (κ2) is 6.07. The van der Waals surface area contributed by atoms with Gasteiger partial charge in [0.25, 0.3) is 0 Å². The topological polar surface area (TPSA) is 55.4 Å². The standard InChI is InChI=1S/C16H21NO3/c1-10-5-4-6-12(7-10)13-9-14(13)16(19)17-11(2)8-15(18)20-3/h4-7,11,13-14H,8-9H2,1-3H3,(H,17,19)/t11-,13-,14+/m0/s1. The highest BCUT2D eigenvalue weighted by atomic mass is 16.5. The van der Waals surface area contributed by atoms with Crippen molar-refractivity contribution in [1.29, 1.82) is 0 Å². The number of benzene rings is 1. The molecule has 1 amide bonds. The summed E-state index contributed by atoms with van der Waals surface area (Å²) >= 11 is 0. The number of carbonyl (C=O) groups is 2. The van der Waals surface area contributed by atoms with E-state index in [2.05, 4.69) is 35.2 Å². The van der Waals surface area contributed by atoms with Gasteiger partial charge in [0, 0.05) is 12.0 Å². The van der Waals surface area contributed by atoms with Crippen LogP contribution in [0.5, 0.6) is 0 Å². The Morgan fingerprint density at radius 1 is 1.45 bits per heavy atom. The molecule has 2 rings (SSSR count). The molecule has 0 aliphatic heterocycles. The Morgan fingerprint density at radius 2 is 2.20 bits per heavy atom. The van der Waals surface area contributed by atoms with Gasteiger partial charge >= 0.3 is 5.97 Å². The van der Waals surface area contributed by atoms with Crippen molar-refractivity contribution in [2.24, 2.45) is 5.92 Å². The highest BCUT2D eigenvalue weighted by molar-refractivity contribution is 5.83. The van der Waals surface area contributed by atoms with E-state index < -0.39 is 0 Å². The van der Waals surface area contributed by atoms with Crippen LogP contribution in [-0.2, 0) is 14.3 Å². The number of hydrogen-bond acceptors (Lipinski definition) is 3. The Kier molecular flexibility index (Phi) is 4.42. The van der Waals surface area contributed by atoms with Crippen LogP contribution in [0, 0.1) is 12.8 Å². The average molecular weight is 275 g/mol. The quantitative estimate of drug-likeness (QED) is 0.838. The molecule has 0 spiro atoms. The van der Waals surface area contributed by atoms with Gasteiger partial charge in [0.1, 0.15) is 0 Å². The highest BCUT2D eigenvalue weighted by Gasteiger charge is 2.44. The van der Waals surface area contributed by atoms with Crippen LogP contribution in [0.1, 0.15) is 36.8 Å². The predicted octanol–water partition coefficient (Wildman–Crippen LogP) is 2.17. The van der Waals surface area contributed by atoms with Gasteiger partial charge in [0.15, 0.2) is 0 Å². The normalized spacial score (nSPS) is 21.9. The first-order valence-electron chi connectivity index (χ1n) is 6.95. The van der Waals surface area contributed by atoms with Gasteiger partial charge in [-0.05, 0) is 31.7 Å². The fourth-order valence-corrected chi connectivity index (χ4v) is 2.49. The second-order valence-electron chi connectivity index (χ2n) is 5.55. The lowest BCUT2D eigenvalue weighted by molar-refractivity contribution is -0.141. The zero-order valence-corrected chi connectivity index (χ0v) is 12.2. The number of amides is 1. The summed E-state index contributed by atoms with van der Waals surface area (Å²) in [6, 6.07) is 8.10. The molecule has 1 aromatic carbocycles. The Morgan fingerprint density at radius 3 is 2.85 bits per heavy atom. The molecule has 1 aromatic rings. The number of aryl methyl sites for hydroxylation is 1. The summed E-state index contributed by atoms with van der Waals surface area (Å²) in [5, 5.41) is 2.88. The zero-order chi connectivity index (χ0) is 14.7. The monoisotopic (exact) mass is 275 g/mol. The van der Waals surface area contributed by atoms with Crippen LogP contribution >= 0.6 is 0 Å². The van der Waals surface area contributed by atoms with Crippen LogP contribution in [0.25, 0.3) is 0 Å². The number of nitrogens with one attached hydrogen (secondary N) is 1. The summed E-state index contributed by atoms with van der Waals surface area (Å²) in [6.45, 7) is 3.87. The molecule has 0 heterocycles. The van der Waals surface area contributed by atoms with Crippen LogP contribution in [0.2, 0.25) is 0 Å². The minimum atomic E-state index is -0.302. The molecule has 0 unspecified atom stereocenters. The fourth-order valence-electron chi connectivity index (χ4n) is 2.49. The largest absolute Gasteiger partial charge is 0.469 e. The molecule has 4 nitrogen and oxygen atoms in total. The van der Waals surface area contributed by atoms with E-state index in [-0.39, 0.29) is 30.3 Å². The van der Waals surface area contributed by atoms with Gasteiger partial charge in [-0.1, -0.05) is 29.8 Å². The molecule has 1 saturated carbocycles. The average Bonchev–Trinajstić information content (AvgIpc) is 3.18. The maximum absolute atomic E-state index is 12.1. The number of hydrogen-bond donors (Lipinski definition) is 1. The van der Waals surface area contributed by atoms with Crippen LogP contribution < -0.4 is 5.32 Å². The predicted molar refractivity (Wildman–Crippen MR) is 76.3 cm³/mol. The lowest BCUT2D eigenvalue weighted by Gasteiger charge is -2.12. The number of carbonyl (C=O) groups excluding carboxylic acids is 2. The van der Waals surface area contributed by atoms with E-state index in [4.69, 9.17) is 0 Å². The van der Waals surface area contributed by atoms with Gasteiger partial charge in [-0.15, -0.1) is 0 Å². The molecule has 0 bridgehead atoms. The third-order valence-electron chi connectivity index (χ3n) is 3.69. The molecule has 20 heavy (non-hydrogen) atoms. The van der Waals surface area contributed by atoms with Gasteiger partial charge in [0.2, 0.25) is 5.91 Å². The molecule has 3 atom stereocenters.